The lowest BCUT2D eigenvalue weighted by Gasteiger charge is -2.08. The largest absolute Gasteiger partial charge is 0.465 e. The molecule has 168 valence electrons. The van der Waals surface area contributed by atoms with Gasteiger partial charge in [-0.25, -0.2) is 4.79 Å². The Morgan fingerprint density at radius 2 is 2.09 bits per heavy atom. The molecule has 3 N–H and O–H groups in total. The fraction of sp³-hybridized carbons (Fsp3) is 0.250. The van der Waals surface area contributed by atoms with Crippen molar-refractivity contribution in [3.63, 3.8) is 0 Å². The van der Waals surface area contributed by atoms with Crippen LogP contribution in [-0.2, 0) is 16.1 Å². The molecule has 0 aliphatic carbocycles. The average Bonchev–Trinajstić information content (AvgIpc) is 3.43. The number of rotatable bonds is 9. The maximum Gasteiger partial charge on any atom is 0.341 e. The van der Waals surface area contributed by atoms with E-state index in [4.69, 9.17) is 10.5 Å². The number of carbonyl (C=O) groups excluding carboxylic acids is 3. The summed E-state index contributed by atoms with van der Waals surface area (Å²) >= 11 is 3.76. The SMILES string of the molecule is C=CCn1c(SCC(=O)Nc2sc(C(N)=O)c(C)c2C(=O)OC)nnc1-c1csc(C)c1. The number of aromatic nitrogens is 3. The van der Waals surface area contributed by atoms with E-state index in [0.717, 1.165) is 21.8 Å². The van der Waals surface area contributed by atoms with Gasteiger partial charge in [0, 0.05) is 22.4 Å². The number of nitrogens with one attached hydrogen (secondary N) is 1. The van der Waals surface area contributed by atoms with Gasteiger partial charge in [0.1, 0.15) is 5.00 Å². The molecule has 0 saturated carbocycles. The Kier molecular flexibility index (Phi) is 7.48. The Bertz CT molecular complexity index is 1190. The lowest BCUT2D eigenvalue weighted by molar-refractivity contribution is -0.113. The van der Waals surface area contributed by atoms with Crippen molar-refractivity contribution in [2.45, 2.75) is 25.5 Å². The number of hydrogen-bond acceptors (Lipinski definition) is 9. The van der Waals surface area contributed by atoms with E-state index in [1.165, 1.54) is 18.9 Å². The fourth-order valence-electron chi connectivity index (χ4n) is 2.94. The summed E-state index contributed by atoms with van der Waals surface area (Å²) in [5.41, 5.74) is 6.82. The molecule has 0 unspecified atom stereocenters. The number of aryl methyl sites for hydroxylation is 1. The minimum Gasteiger partial charge on any atom is -0.465 e. The molecule has 3 aromatic heterocycles. The molecule has 3 heterocycles. The third kappa shape index (κ3) is 4.92. The number of allylic oxidation sites excluding steroid dienone is 1. The number of hydrogen-bond donors (Lipinski definition) is 2. The van der Waals surface area contributed by atoms with Crippen molar-refractivity contribution in [2.75, 3.05) is 18.2 Å². The van der Waals surface area contributed by atoms with Crippen molar-refractivity contribution < 1.29 is 19.1 Å². The molecular weight excluding hydrogens is 470 g/mol. The number of esters is 1. The number of thioether (sulfide) groups is 1. The lowest BCUT2D eigenvalue weighted by Crippen LogP contribution is -2.16. The second-order valence-electron chi connectivity index (χ2n) is 6.60. The fourth-order valence-corrected chi connectivity index (χ4v) is 5.43. The molecule has 0 spiro atoms. The molecule has 32 heavy (non-hydrogen) atoms. The van der Waals surface area contributed by atoms with E-state index in [1.807, 2.05) is 22.9 Å². The Hall–Kier alpha value is -2.96. The summed E-state index contributed by atoms with van der Waals surface area (Å²) in [6, 6.07) is 2.03. The number of thiophene rings is 2. The van der Waals surface area contributed by atoms with Crippen molar-refractivity contribution >= 4 is 57.2 Å². The highest BCUT2D eigenvalue weighted by Crippen LogP contribution is 2.34. The van der Waals surface area contributed by atoms with E-state index in [-0.39, 0.29) is 27.1 Å². The number of carbonyl (C=O) groups is 3. The number of amides is 2. The van der Waals surface area contributed by atoms with E-state index in [1.54, 1.807) is 24.3 Å². The molecule has 0 aliphatic heterocycles. The second-order valence-corrected chi connectivity index (χ2v) is 9.68. The van der Waals surface area contributed by atoms with Gasteiger partial charge in [-0.05, 0) is 25.5 Å². The Morgan fingerprint density at radius 1 is 1.34 bits per heavy atom. The van der Waals surface area contributed by atoms with Crippen molar-refractivity contribution in [3.8, 4) is 11.4 Å². The van der Waals surface area contributed by atoms with Crippen molar-refractivity contribution in [2.24, 2.45) is 5.73 Å². The first kappa shape index (κ1) is 23.7. The molecule has 0 bridgehead atoms. The predicted octanol–water partition coefficient (Wildman–Crippen LogP) is 3.49. The number of ether oxygens (including phenoxy) is 1. The van der Waals surface area contributed by atoms with Crippen LogP contribution in [0.4, 0.5) is 5.00 Å². The first-order valence-corrected chi connectivity index (χ1v) is 12.0. The minimum absolute atomic E-state index is 0.0153. The third-order valence-electron chi connectivity index (χ3n) is 4.36. The van der Waals surface area contributed by atoms with Crippen LogP contribution in [-0.4, -0.2) is 45.4 Å². The molecule has 3 rings (SSSR count). The molecule has 0 saturated heterocycles. The molecule has 12 heteroatoms. The molecule has 0 aromatic carbocycles. The lowest BCUT2D eigenvalue weighted by atomic mass is 10.1. The maximum absolute atomic E-state index is 12.6. The molecule has 9 nitrogen and oxygen atoms in total. The molecular formula is C20H21N5O4S3. The van der Waals surface area contributed by atoms with Crippen LogP contribution < -0.4 is 11.1 Å². The topological polar surface area (TPSA) is 129 Å². The monoisotopic (exact) mass is 491 g/mol. The van der Waals surface area contributed by atoms with Gasteiger partial charge >= 0.3 is 5.97 Å². The predicted molar refractivity (Wildman–Crippen MR) is 127 cm³/mol. The molecule has 0 aliphatic rings. The molecule has 0 fully saturated rings. The van der Waals surface area contributed by atoms with Crippen LogP contribution >= 0.6 is 34.4 Å². The van der Waals surface area contributed by atoms with Gasteiger partial charge in [-0.1, -0.05) is 17.8 Å². The van der Waals surface area contributed by atoms with Crippen molar-refractivity contribution in [3.05, 3.63) is 45.0 Å². The standard InChI is InChI=1S/C20H21N5O4S3/c1-5-6-25-17(12-7-10(2)30-8-12)23-24-20(25)31-9-13(26)22-18-14(19(28)29-4)11(3)15(32-18)16(21)27/h5,7-8H,1,6,9H2,2-4H3,(H2,21,27)(H,22,26). The van der Waals surface area contributed by atoms with Gasteiger partial charge in [-0.3, -0.25) is 14.2 Å². The Morgan fingerprint density at radius 3 is 2.69 bits per heavy atom. The van der Waals surface area contributed by atoms with E-state index in [0.29, 0.717) is 23.1 Å². The van der Waals surface area contributed by atoms with Crippen LogP contribution in [0.25, 0.3) is 11.4 Å². The maximum atomic E-state index is 12.6. The third-order valence-corrected chi connectivity index (χ3v) is 7.41. The van der Waals surface area contributed by atoms with E-state index in [9.17, 15) is 14.4 Å². The zero-order valence-corrected chi connectivity index (χ0v) is 20.1. The number of nitrogens with two attached hydrogens (primary N) is 1. The van der Waals surface area contributed by atoms with Gasteiger partial charge in [0.15, 0.2) is 11.0 Å². The van der Waals surface area contributed by atoms with Crippen LogP contribution in [0.3, 0.4) is 0 Å². The van der Waals surface area contributed by atoms with Gasteiger partial charge in [-0.15, -0.1) is 39.4 Å². The zero-order valence-electron chi connectivity index (χ0n) is 17.6. The van der Waals surface area contributed by atoms with Crippen molar-refractivity contribution in [1.82, 2.24) is 14.8 Å². The smallest absolute Gasteiger partial charge is 0.341 e. The summed E-state index contributed by atoms with van der Waals surface area (Å²) < 4.78 is 6.66. The second kappa shape index (κ2) is 10.1. The van der Waals surface area contributed by atoms with Gasteiger partial charge in [0.25, 0.3) is 5.91 Å². The normalized spacial score (nSPS) is 10.7. The first-order valence-electron chi connectivity index (χ1n) is 9.30. The highest BCUT2D eigenvalue weighted by atomic mass is 32.2. The van der Waals surface area contributed by atoms with E-state index < -0.39 is 11.9 Å². The minimum atomic E-state index is -0.679. The summed E-state index contributed by atoms with van der Waals surface area (Å²) in [5.74, 6) is -0.998. The van der Waals surface area contributed by atoms with Crippen LogP contribution in [0.1, 0.15) is 30.5 Å². The molecule has 2 amide bonds. The van der Waals surface area contributed by atoms with E-state index in [2.05, 4.69) is 22.1 Å². The van der Waals surface area contributed by atoms with Crippen LogP contribution in [0.2, 0.25) is 0 Å². The summed E-state index contributed by atoms with van der Waals surface area (Å²) in [5, 5.41) is 14.0. The summed E-state index contributed by atoms with van der Waals surface area (Å²) in [7, 11) is 1.23. The molecule has 3 aromatic rings. The average molecular weight is 492 g/mol. The van der Waals surface area contributed by atoms with Crippen LogP contribution in [0.5, 0.6) is 0 Å². The first-order chi connectivity index (χ1) is 15.3. The summed E-state index contributed by atoms with van der Waals surface area (Å²) in [4.78, 5) is 37.8. The number of methoxy groups -OCH3 is 1. The van der Waals surface area contributed by atoms with Gasteiger partial charge < -0.3 is 15.8 Å². The number of anilines is 1. The quantitative estimate of drug-likeness (QED) is 0.266. The molecule has 0 atom stereocenters. The number of nitrogens with zero attached hydrogens (tertiary/aromatic N) is 3. The highest BCUT2D eigenvalue weighted by Gasteiger charge is 2.25. The Labute approximate surface area is 196 Å². The van der Waals surface area contributed by atoms with Gasteiger partial charge in [0.05, 0.1) is 23.3 Å². The van der Waals surface area contributed by atoms with Crippen molar-refractivity contribution in [1.29, 1.82) is 0 Å². The summed E-state index contributed by atoms with van der Waals surface area (Å²) in [6.45, 7) is 7.87. The number of primary amides is 1. The Balaban J connectivity index is 1.78. The summed E-state index contributed by atoms with van der Waals surface area (Å²) in [6.07, 6.45) is 1.73. The highest BCUT2D eigenvalue weighted by molar-refractivity contribution is 7.99. The van der Waals surface area contributed by atoms with Crippen LogP contribution in [0.15, 0.2) is 29.3 Å². The van der Waals surface area contributed by atoms with E-state index >= 15 is 0 Å². The zero-order chi connectivity index (χ0) is 23.4. The molecule has 0 radical (unpaired) electrons. The van der Waals surface area contributed by atoms with Crippen LogP contribution in [0, 0.1) is 13.8 Å². The van der Waals surface area contributed by atoms with Gasteiger partial charge in [-0.2, -0.15) is 0 Å². The van der Waals surface area contributed by atoms with Gasteiger partial charge in [0.2, 0.25) is 5.91 Å².